The molecule has 0 aliphatic rings. The summed E-state index contributed by atoms with van der Waals surface area (Å²) in [7, 11) is 0. The highest BCUT2D eigenvalue weighted by Crippen LogP contribution is 2.24. The molecule has 112 valence electrons. The maximum atomic E-state index is 8.72. The Bertz CT molecular complexity index is 786. The second-order valence-corrected chi connectivity index (χ2v) is 4.80. The van der Waals surface area contributed by atoms with E-state index >= 15 is 0 Å². The van der Waals surface area contributed by atoms with E-state index in [2.05, 4.69) is 33.0 Å². The van der Waals surface area contributed by atoms with E-state index in [1.54, 1.807) is 17.1 Å². The lowest BCUT2D eigenvalue weighted by Crippen LogP contribution is -2.23. The Morgan fingerprint density at radius 1 is 1.41 bits per heavy atom. The van der Waals surface area contributed by atoms with E-state index in [1.807, 2.05) is 12.1 Å². The number of nitrogens with zero attached hydrogens (tertiary/aromatic N) is 6. The van der Waals surface area contributed by atoms with Crippen molar-refractivity contribution in [1.29, 1.82) is 5.26 Å². The highest BCUT2D eigenvalue weighted by molar-refractivity contribution is 5.86. The summed E-state index contributed by atoms with van der Waals surface area (Å²) >= 11 is 0. The van der Waals surface area contributed by atoms with Crippen molar-refractivity contribution >= 4 is 16.9 Å². The number of fused-ring (bicyclic) bond motifs is 1. The lowest BCUT2D eigenvalue weighted by molar-refractivity contribution is 0.503. The van der Waals surface area contributed by atoms with Crippen LogP contribution in [0, 0.1) is 11.3 Å². The molecule has 0 saturated heterocycles. The lowest BCUT2D eigenvalue weighted by Gasteiger charge is -2.21. The molecule has 3 rings (SSSR count). The molecule has 0 bridgehead atoms. The molecule has 3 aromatic rings. The Morgan fingerprint density at radius 2 is 2.32 bits per heavy atom. The van der Waals surface area contributed by atoms with Gasteiger partial charge in [-0.05, 0) is 19.1 Å². The van der Waals surface area contributed by atoms with Crippen LogP contribution in [0.1, 0.15) is 19.1 Å². The molecular weight excluding hydrogens is 280 g/mol. The molecule has 7 heteroatoms. The highest BCUT2D eigenvalue weighted by Gasteiger charge is 2.15. The second-order valence-electron chi connectivity index (χ2n) is 4.80. The monoisotopic (exact) mass is 296 g/mol. The largest absolute Gasteiger partial charge is 0.467 e. The first kappa shape index (κ1) is 14.1. The third-order valence-corrected chi connectivity index (χ3v) is 3.46. The molecule has 0 spiro atoms. The summed E-state index contributed by atoms with van der Waals surface area (Å²) in [5.41, 5.74) is 0.748. The molecule has 0 unspecified atom stereocenters. The second kappa shape index (κ2) is 6.26. The summed E-state index contributed by atoms with van der Waals surface area (Å²) in [6.07, 6.45) is 5.36. The fourth-order valence-corrected chi connectivity index (χ4v) is 2.38. The van der Waals surface area contributed by atoms with Crippen LogP contribution in [-0.2, 0) is 13.1 Å². The number of aromatic nitrogens is 4. The van der Waals surface area contributed by atoms with Crippen LogP contribution in [0.5, 0.6) is 0 Å². The topological polar surface area (TPSA) is 83.8 Å². The SMILES string of the molecule is CCN(Cc1ccco1)c1ncnc2c1cnn2CCC#N. The Kier molecular flexibility index (Phi) is 4.01. The van der Waals surface area contributed by atoms with Gasteiger partial charge in [-0.3, -0.25) is 0 Å². The smallest absolute Gasteiger partial charge is 0.163 e. The summed E-state index contributed by atoms with van der Waals surface area (Å²) < 4.78 is 7.16. The third-order valence-electron chi connectivity index (χ3n) is 3.46. The van der Waals surface area contributed by atoms with Crippen LogP contribution in [0.2, 0.25) is 0 Å². The molecule has 0 aromatic carbocycles. The molecule has 0 aliphatic carbocycles. The van der Waals surface area contributed by atoms with Gasteiger partial charge in [0.1, 0.15) is 17.9 Å². The minimum Gasteiger partial charge on any atom is -0.467 e. The van der Waals surface area contributed by atoms with Crippen LogP contribution in [0.3, 0.4) is 0 Å². The molecule has 0 atom stereocenters. The zero-order valence-corrected chi connectivity index (χ0v) is 12.3. The van der Waals surface area contributed by atoms with Gasteiger partial charge >= 0.3 is 0 Å². The quantitative estimate of drug-likeness (QED) is 0.694. The van der Waals surface area contributed by atoms with Gasteiger partial charge in [0.05, 0.1) is 43.4 Å². The fraction of sp³-hybridized carbons (Fsp3) is 0.333. The van der Waals surface area contributed by atoms with E-state index in [-0.39, 0.29) is 0 Å². The summed E-state index contributed by atoms with van der Waals surface area (Å²) in [6.45, 7) is 4.02. The molecule has 0 saturated carbocycles. The fourth-order valence-electron chi connectivity index (χ4n) is 2.38. The number of hydrogen-bond donors (Lipinski definition) is 0. The first-order valence-corrected chi connectivity index (χ1v) is 7.14. The summed E-state index contributed by atoms with van der Waals surface area (Å²) in [5, 5.41) is 13.9. The Balaban J connectivity index is 1.95. The predicted molar refractivity (Wildman–Crippen MR) is 81.0 cm³/mol. The van der Waals surface area contributed by atoms with Gasteiger partial charge in [0.25, 0.3) is 0 Å². The van der Waals surface area contributed by atoms with E-state index in [0.717, 1.165) is 29.2 Å². The summed E-state index contributed by atoms with van der Waals surface area (Å²) in [5.74, 6) is 1.71. The molecule has 3 aromatic heterocycles. The van der Waals surface area contributed by atoms with Gasteiger partial charge in [0.2, 0.25) is 0 Å². The van der Waals surface area contributed by atoms with Crippen LogP contribution in [-0.4, -0.2) is 26.3 Å². The molecule has 0 amide bonds. The number of nitriles is 1. The van der Waals surface area contributed by atoms with Gasteiger partial charge in [-0.25, -0.2) is 14.6 Å². The Labute approximate surface area is 127 Å². The van der Waals surface area contributed by atoms with Crippen LogP contribution in [0.4, 0.5) is 5.82 Å². The Morgan fingerprint density at radius 3 is 3.05 bits per heavy atom. The molecule has 0 radical (unpaired) electrons. The van der Waals surface area contributed by atoms with Gasteiger partial charge < -0.3 is 9.32 Å². The molecule has 0 N–H and O–H groups in total. The molecule has 3 heterocycles. The zero-order chi connectivity index (χ0) is 15.4. The number of anilines is 1. The normalized spacial score (nSPS) is 10.7. The van der Waals surface area contributed by atoms with Crippen LogP contribution < -0.4 is 4.90 Å². The Hall–Kier alpha value is -2.88. The third kappa shape index (κ3) is 2.63. The number of rotatable bonds is 6. The maximum Gasteiger partial charge on any atom is 0.163 e. The van der Waals surface area contributed by atoms with Gasteiger partial charge in [0.15, 0.2) is 5.65 Å². The zero-order valence-electron chi connectivity index (χ0n) is 12.3. The molecule has 22 heavy (non-hydrogen) atoms. The maximum absolute atomic E-state index is 8.72. The van der Waals surface area contributed by atoms with Crippen molar-refractivity contribution in [1.82, 2.24) is 19.7 Å². The summed E-state index contributed by atoms with van der Waals surface area (Å²) in [6, 6.07) is 5.94. The van der Waals surface area contributed by atoms with E-state index in [4.69, 9.17) is 9.68 Å². The average molecular weight is 296 g/mol. The molecule has 0 fully saturated rings. The lowest BCUT2D eigenvalue weighted by atomic mass is 10.3. The molecule has 0 aliphatic heterocycles. The van der Waals surface area contributed by atoms with E-state index < -0.39 is 0 Å². The standard InChI is InChI=1S/C15H16N6O/c1-2-20(10-12-5-3-8-22-12)14-13-9-19-21(7-4-6-16)15(13)18-11-17-14/h3,5,8-9,11H,2,4,7,10H2,1H3. The van der Waals surface area contributed by atoms with Crippen molar-refractivity contribution in [2.45, 2.75) is 26.4 Å². The summed E-state index contributed by atoms with van der Waals surface area (Å²) in [4.78, 5) is 10.8. The van der Waals surface area contributed by atoms with E-state index in [1.165, 1.54) is 6.33 Å². The van der Waals surface area contributed by atoms with Gasteiger partial charge in [-0.1, -0.05) is 0 Å². The van der Waals surface area contributed by atoms with Gasteiger partial charge in [-0.15, -0.1) is 0 Å². The number of aryl methyl sites for hydroxylation is 1. The van der Waals surface area contributed by atoms with Crippen LogP contribution in [0.15, 0.2) is 35.3 Å². The van der Waals surface area contributed by atoms with Gasteiger partial charge in [0, 0.05) is 6.54 Å². The first-order chi connectivity index (χ1) is 10.8. The van der Waals surface area contributed by atoms with Crippen molar-refractivity contribution < 1.29 is 4.42 Å². The van der Waals surface area contributed by atoms with Crippen molar-refractivity contribution in [3.8, 4) is 6.07 Å². The number of furan rings is 1. The number of hydrogen-bond acceptors (Lipinski definition) is 6. The molecule has 7 nitrogen and oxygen atoms in total. The highest BCUT2D eigenvalue weighted by atomic mass is 16.3. The first-order valence-electron chi connectivity index (χ1n) is 7.14. The van der Waals surface area contributed by atoms with Crippen molar-refractivity contribution in [2.24, 2.45) is 0 Å². The minimum atomic E-state index is 0.403. The van der Waals surface area contributed by atoms with Crippen molar-refractivity contribution in [2.75, 3.05) is 11.4 Å². The van der Waals surface area contributed by atoms with Crippen molar-refractivity contribution in [3.63, 3.8) is 0 Å². The van der Waals surface area contributed by atoms with E-state index in [9.17, 15) is 0 Å². The van der Waals surface area contributed by atoms with E-state index in [0.29, 0.717) is 19.5 Å². The minimum absolute atomic E-state index is 0.403. The van der Waals surface area contributed by atoms with Crippen LogP contribution >= 0.6 is 0 Å². The van der Waals surface area contributed by atoms with Gasteiger partial charge in [-0.2, -0.15) is 10.4 Å². The molecular formula is C15H16N6O. The van der Waals surface area contributed by atoms with Crippen LogP contribution in [0.25, 0.3) is 11.0 Å². The van der Waals surface area contributed by atoms with Crippen molar-refractivity contribution in [3.05, 3.63) is 36.7 Å². The average Bonchev–Trinajstić information content (AvgIpc) is 3.20. The predicted octanol–water partition coefficient (Wildman–Crippen LogP) is 2.36.